The topological polar surface area (TPSA) is 55.4 Å². The Morgan fingerprint density at radius 3 is 2.78 bits per heavy atom. The molecule has 0 atom stereocenters. The SMILES string of the molecule is C=CCCC(=O)Nc1ccc(C)cc1C(=O)OC. The van der Waals surface area contributed by atoms with Gasteiger partial charge in [-0.1, -0.05) is 17.7 Å². The van der Waals surface area contributed by atoms with E-state index in [1.165, 1.54) is 7.11 Å². The molecule has 0 aliphatic heterocycles. The fraction of sp³-hybridized carbons (Fsp3) is 0.286. The molecule has 0 saturated heterocycles. The van der Waals surface area contributed by atoms with Crippen LogP contribution in [-0.4, -0.2) is 19.0 Å². The number of carbonyl (C=O) groups excluding carboxylic acids is 2. The second-order valence-electron chi connectivity index (χ2n) is 3.92. The van der Waals surface area contributed by atoms with E-state index >= 15 is 0 Å². The van der Waals surface area contributed by atoms with Crippen LogP contribution in [0.4, 0.5) is 5.69 Å². The lowest BCUT2D eigenvalue weighted by Crippen LogP contribution is -2.14. The summed E-state index contributed by atoms with van der Waals surface area (Å²) in [4.78, 5) is 23.2. The maximum atomic E-state index is 11.6. The van der Waals surface area contributed by atoms with Crippen LogP contribution >= 0.6 is 0 Å². The van der Waals surface area contributed by atoms with Gasteiger partial charge in [-0.05, 0) is 25.5 Å². The van der Waals surface area contributed by atoms with Gasteiger partial charge in [0, 0.05) is 6.42 Å². The molecule has 0 aromatic heterocycles. The Labute approximate surface area is 107 Å². The molecule has 18 heavy (non-hydrogen) atoms. The average Bonchev–Trinajstić information content (AvgIpc) is 2.37. The van der Waals surface area contributed by atoms with Gasteiger partial charge >= 0.3 is 5.97 Å². The first-order chi connectivity index (χ1) is 8.58. The van der Waals surface area contributed by atoms with Crippen LogP contribution in [0.15, 0.2) is 30.9 Å². The minimum absolute atomic E-state index is 0.149. The fourth-order valence-corrected chi connectivity index (χ4v) is 1.49. The number of hydrogen-bond donors (Lipinski definition) is 1. The van der Waals surface area contributed by atoms with Gasteiger partial charge < -0.3 is 10.1 Å². The highest BCUT2D eigenvalue weighted by Gasteiger charge is 2.13. The number of ether oxygens (including phenoxy) is 1. The first kappa shape index (κ1) is 14.0. The molecule has 0 radical (unpaired) electrons. The Bertz CT molecular complexity index is 466. The summed E-state index contributed by atoms with van der Waals surface area (Å²) >= 11 is 0. The van der Waals surface area contributed by atoms with Crippen LogP contribution in [0, 0.1) is 6.92 Å². The normalized spacial score (nSPS) is 9.67. The van der Waals surface area contributed by atoms with Crippen molar-refractivity contribution in [3.8, 4) is 0 Å². The number of methoxy groups -OCH3 is 1. The molecule has 1 aromatic rings. The van der Waals surface area contributed by atoms with Crippen molar-refractivity contribution in [1.29, 1.82) is 0 Å². The van der Waals surface area contributed by atoms with Gasteiger partial charge in [0.15, 0.2) is 0 Å². The first-order valence-corrected chi connectivity index (χ1v) is 5.68. The highest BCUT2D eigenvalue weighted by atomic mass is 16.5. The third-order valence-corrected chi connectivity index (χ3v) is 2.43. The maximum Gasteiger partial charge on any atom is 0.339 e. The Hall–Kier alpha value is -2.10. The third kappa shape index (κ3) is 3.73. The summed E-state index contributed by atoms with van der Waals surface area (Å²) in [6.45, 7) is 5.43. The zero-order valence-corrected chi connectivity index (χ0v) is 10.7. The number of esters is 1. The second kappa shape index (κ2) is 6.59. The molecule has 96 valence electrons. The van der Waals surface area contributed by atoms with Crippen molar-refractivity contribution in [2.75, 3.05) is 12.4 Å². The number of hydrogen-bond acceptors (Lipinski definition) is 3. The molecule has 0 spiro atoms. The first-order valence-electron chi connectivity index (χ1n) is 5.68. The van der Waals surface area contributed by atoms with Crippen molar-refractivity contribution in [1.82, 2.24) is 0 Å². The van der Waals surface area contributed by atoms with Gasteiger partial charge in [-0.25, -0.2) is 4.79 Å². The average molecular weight is 247 g/mol. The monoisotopic (exact) mass is 247 g/mol. The molecule has 0 saturated carbocycles. The predicted molar refractivity (Wildman–Crippen MR) is 70.6 cm³/mol. The summed E-state index contributed by atoms with van der Waals surface area (Å²) in [7, 11) is 1.31. The van der Waals surface area contributed by atoms with Crippen molar-refractivity contribution in [2.45, 2.75) is 19.8 Å². The lowest BCUT2D eigenvalue weighted by molar-refractivity contribution is -0.116. The van der Waals surface area contributed by atoms with Crippen molar-refractivity contribution in [2.24, 2.45) is 0 Å². The summed E-state index contributed by atoms with van der Waals surface area (Å²) in [5.74, 6) is -0.610. The lowest BCUT2D eigenvalue weighted by atomic mass is 10.1. The van der Waals surface area contributed by atoms with Crippen LogP contribution in [0.5, 0.6) is 0 Å². The number of amides is 1. The summed E-state index contributed by atoms with van der Waals surface area (Å²) in [5, 5.41) is 2.70. The molecule has 1 N–H and O–H groups in total. The van der Waals surface area contributed by atoms with Gasteiger partial charge in [-0.3, -0.25) is 4.79 Å². The molecule has 1 amide bonds. The highest BCUT2D eigenvalue weighted by molar-refractivity contribution is 6.01. The molecule has 0 aliphatic rings. The van der Waals surface area contributed by atoms with E-state index in [1.807, 2.05) is 13.0 Å². The van der Waals surface area contributed by atoms with Gasteiger partial charge in [-0.15, -0.1) is 6.58 Å². The Morgan fingerprint density at radius 2 is 2.17 bits per heavy atom. The number of rotatable bonds is 5. The summed E-state index contributed by atoms with van der Waals surface area (Å²) in [6.07, 6.45) is 2.62. The summed E-state index contributed by atoms with van der Waals surface area (Å²) < 4.78 is 4.69. The number of anilines is 1. The minimum Gasteiger partial charge on any atom is -0.465 e. The molecule has 0 heterocycles. The van der Waals surface area contributed by atoms with Gasteiger partial charge in [0.1, 0.15) is 0 Å². The number of nitrogens with one attached hydrogen (secondary N) is 1. The molecule has 0 fully saturated rings. The van der Waals surface area contributed by atoms with E-state index in [0.29, 0.717) is 24.1 Å². The molecule has 0 aliphatic carbocycles. The van der Waals surface area contributed by atoms with Crippen LogP contribution in [0.3, 0.4) is 0 Å². The van der Waals surface area contributed by atoms with Crippen molar-refractivity contribution < 1.29 is 14.3 Å². The zero-order chi connectivity index (χ0) is 13.5. The van der Waals surface area contributed by atoms with Crippen LogP contribution in [0.1, 0.15) is 28.8 Å². The van der Waals surface area contributed by atoms with Crippen LogP contribution in [-0.2, 0) is 9.53 Å². The van der Waals surface area contributed by atoms with E-state index in [4.69, 9.17) is 0 Å². The zero-order valence-electron chi connectivity index (χ0n) is 10.7. The number of allylic oxidation sites excluding steroid dienone is 1. The standard InChI is InChI=1S/C14H17NO3/c1-4-5-6-13(16)15-12-8-7-10(2)9-11(12)14(17)18-3/h4,7-9H,1,5-6H2,2-3H3,(H,15,16). The molecule has 0 bridgehead atoms. The molecule has 0 unspecified atom stereocenters. The third-order valence-electron chi connectivity index (χ3n) is 2.43. The van der Waals surface area contributed by atoms with Crippen molar-refractivity contribution >= 4 is 17.6 Å². The highest BCUT2D eigenvalue weighted by Crippen LogP contribution is 2.18. The number of carbonyl (C=O) groups is 2. The lowest BCUT2D eigenvalue weighted by Gasteiger charge is -2.10. The van der Waals surface area contributed by atoms with Gasteiger partial charge in [0.2, 0.25) is 5.91 Å². The fourth-order valence-electron chi connectivity index (χ4n) is 1.49. The minimum atomic E-state index is -0.460. The van der Waals surface area contributed by atoms with E-state index in [0.717, 1.165) is 5.56 Å². The van der Waals surface area contributed by atoms with Crippen molar-refractivity contribution in [3.63, 3.8) is 0 Å². The summed E-state index contributed by atoms with van der Waals surface area (Å²) in [6, 6.07) is 5.22. The van der Waals surface area contributed by atoms with E-state index < -0.39 is 5.97 Å². The van der Waals surface area contributed by atoms with Crippen LogP contribution < -0.4 is 5.32 Å². The Kier molecular flexibility index (Phi) is 5.11. The Balaban J connectivity index is 2.90. The molecular weight excluding hydrogens is 230 g/mol. The maximum absolute atomic E-state index is 11.6. The molecule has 1 aromatic carbocycles. The summed E-state index contributed by atoms with van der Waals surface area (Å²) in [5.41, 5.74) is 1.77. The smallest absolute Gasteiger partial charge is 0.339 e. The Morgan fingerprint density at radius 1 is 1.44 bits per heavy atom. The van der Waals surface area contributed by atoms with E-state index in [-0.39, 0.29) is 5.91 Å². The molecule has 4 heteroatoms. The van der Waals surface area contributed by atoms with Crippen LogP contribution in [0.25, 0.3) is 0 Å². The van der Waals surface area contributed by atoms with E-state index in [1.54, 1.807) is 18.2 Å². The molecule has 1 rings (SSSR count). The molecular formula is C14H17NO3. The molecule has 4 nitrogen and oxygen atoms in total. The number of aryl methyl sites for hydroxylation is 1. The van der Waals surface area contributed by atoms with Gasteiger partial charge in [0.05, 0.1) is 18.4 Å². The quantitative estimate of drug-likeness (QED) is 0.643. The van der Waals surface area contributed by atoms with Gasteiger partial charge in [-0.2, -0.15) is 0 Å². The van der Waals surface area contributed by atoms with Gasteiger partial charge in [0.25, 0.3) is 0 Å². The van der Waals surface area contributed by atoms with E-state index in [9.17, 15) is 9.59 Å². The van der Waals surface area contributed by atoms with Crippen LogP contribution in [0.2, 0.25) is 0 Å². The second-order valence-corrected chi connectivity index (χ2v) is 3.92. The van der Waals surface area contributed by atoms with Crippen molar-refractivity contribution in [3.05, 3.63) is 42.0 Å². The largest absolute Gasteiger partial charge is 0.465 e. The predicted octanol–water partition coefficient (Wildman–Crippen LogP) is 2.69. The number of benzene rings is 1. The van der Waals surface area contributed by atoms with E-state index in [2.05, 4.69) is 16.6 Å².